The van der Waals surface area contributed by atoms with Gasteiger partial charge in [-0.25, -0.2) is 0 Å². The largest absolute Gasteiger partial charge is 0.492 e. The maximum absolute atomic E-state index is 12.4. The summed E-state index contributed by atoms with van der Waals surface area (Å²) in [5.74, 6) is -0.486. The van der Waals surface area contributed by atoms with E-state index in [1.165, 1.54) is 12.8 Å². The first kappa shape index (κ1) is 25.4. The predicted molar refractivity (Wildman–Crippen MR) is 129 cm³/mol. The third-order valence-corrected chi connectivity index (χ3v) is 5.30. The number of rotatable bonds is 10. The van der Waals surface area contributed by atoms with Crippen LogP contribution in [0.3, 0.4) is 0 Å². The second kappa shape index (κ2) is 12.9. The van der Waals surface area contributed by atoms with Gasteiger partial charge in [-0.2, -0.15) is 0 Å². The van der Waals surface area contributed by atoms with Gasteiger partial charge in [-0.1, -0.05) is 40.0 Å². The maximum atomic E-state index is 12.4. The third kappa shape index (κ3) is 8.00. The van der Waals surface area contributed by atoms with Crippen molar-refractivity contribution in [3.63, 3.8) is 0 Å². The molecule has 32 heavy (non-hydrogen) atoms. The molecule has 2 aromatic carbocycles. The number of ether oxygens (including phenoxy) is 1. The average Bonchev–Trinajstić information content (AvgIpc) is 2.78. The maximum Gasteiger partial charge on any atom is 0.269 e. The third-order valence-electron chi connectivity index (χ3n) is 4.68. The minimum atomic E-state index is -0.466. The van der Waals surface area contributed by atoms with Gasteiger partial charge in [-0.15, -0.1) is 0 Å². The number of unbranched alkanes of at least 4 members (excludes halogenated alkanes) is 3. The number of benzene rings is 2. The molecular weight excluding hydrogens is 474 g/mol. The van der Waals surface area contributed by atoms with Gasteiger partial charge in [0.25, 0.3) is 11.8 Å². The van der Waals surface area contributed by atoms with E-state index in [-0.39, 0.29) is 11.8 Å². The summed E-state index contributed by atoms with van der Waals surface area (Å²) in [6, 6.07) is 11.4. The zero-order chi connectivity index (χ0) is 23.5. The van der Waals surface area contributed by atoms with Crippen LogP contribution in [0.5, 0.6) is 5.75 Å². The number of amides is 3. The molecule has 0 aliphatic rings. The molecule has 2 rings (SSSR count). The Kier molecular flexibility index (Phi) is 10.2. The lowest BCUT2D eigenvalue weighted by Gasteiger charge is -2.11. The number of anilines is 1. The van der Waals surface area contributed by atoms with Gasteiger partial charge in [0.05, 0.1) is 11.1 Å². The van der Waals surface area contributed by atoms with E-state index in [1.807, 2.05) is 0 Å². The Morgan fingerprint density at radius 3 is 2.12 bits per heavy atom. The summed E-state index contributed by atoms with van der Waals surface area (Å²) >= 11 is 3.43. The normalized spacial score (nSPS) is 10.5. The molecule has 0 spiro atoms. The quantitative estimate of drug-likeness (QED) is 0.311. The molecule has 2 aromatic rings. The first-order valence-electron chi connectivity index (χ1n) is 10.8. The molecule has 0 atom stereocenters. The lowest BCUT2D eigenvalue weighted by atomic mass is 10.1. The fourth-order valence-corrected chi connectivity index (χ4v) is 3.21. The van der Waals surface area contributed by atoms with Gasteiger partial charge in [0.2, 0.25) is 5.91 Å². The van der Waals surface area contributed by atoms with Gasteiger partial charge in [0.1, 0.15) is 5.75 Å². The molecule has 0 aliphatic carbocycles. The van der Waals surface area contributed by atoms with E-state index < -0.39 is 11.8 Å². The van der Waals surface area contributed by atoms with Gasteiger partial charge < -0.3 is 10.1 Å². The van der Waals surface area contributed by atoms with Crippen LogP contribution in [0.15, 0.2) is 46.9 Å². The van der Waals surface area contributed by atoms with Crippen LogP contribution in [0.1, 0.15) is 67.2 Å². The number of nitrogens with one attached hydrogen (secondary N) is 3. The zero-order valence-corrected chi connectivity index (χ0v) is 20.3. The van der Waals surface area contributed by atoms with E-state index in [2.05, 4.69) is 39.0 Å². The van der Waals surface area contributed by atoms with Gasteiger partial charge >= 0.3 is 0 Å². The van der Waals surface area contributed by atoms with Crippen LogP contribution in [0.4, 0.5) is 5.69 Å². The van der Waals surface area contributed by atoms with E-state index in [0.29, 0.717) is 33.6 Å². The summed E-state index contributed by atoms with van der Waals surface area (Å²) in [4.78, 5) is 36.4. The van der Waals surface area contributed by atoms with Crippen LogP contribution in [0, 0.1) is 5.92 Å². The van der Waals surface area contributed by atoms with Crippen molar-refractivity contribution in [3.8, 4) is 5.75 Å². The molecule has 0 unspecified atom stereocenters. The molecule has 7 nitrogen and oxygen atoms in total. The number of carbonyl (C=O) groups excluding carboxylic acids is 3. The van der Waals surface area contributed by atoms with Crippen LogP contribution >= 0.6 is 15.9 Å². The molecule has 0 saturated heterocycles. The highest BCUT2D eigenvalue weighted by atomic mass is 79.9. The Bertz CT molecular complexity index is 929. The predicted octanol–water partition coefficient (Wildman–Crippen LogP) is 5.08. The zero-order valence-electron chi connectivity index (χ0n) is 18.7. The van der Waals surface area contributed by atoms with Crippen molar-refractivity contribution in [3.05, 3.63) is 58.1 Å². The lowest BCUT2D eigenvalue weighted by Crippen LogP contribution is -2.41. The number of hydrazine groups is 1. The fourth-order valence-electron chi connectivity index (χ4n) is 2.72. The molecule has 0 aromatic heterocycles. The molecule has 0 radical (unpaired) electrons. The van der Waals surface area contributed by atoms with Crippen LogP contribution in [-0.2, 0) is 4.79 Å². The number of hydrogen-bond acceptors (Lipinski definition) is 4. The van der Waals surface area contributed by atoms with E-state index in [9.17, 15) is 14.4 Å². The first-order chi connectivity index (χ1) is 15.3. The highest BCUT2D eigenvalue weighted by molar-refractivity contribution is 9.10. The SMILES string of the molecule is CCCCCCOc1ccc(C(=O)NNC(=O)c2ccc(NC(=O)C(C)C)cc2)cc1Br. The standard InChI is InChI=1S/C24H30BrN3O4/c1-4-5-6-7-14-32-21-13-10-18(15-20(21)25)24(31)28-27-23(30)17-8-11-19(12-9-17)26-22(29)16(2)3/h8-13,15-16H,4-7,14H2,1-3H3,(H,26,29)(H,27,30)(H,28,31). The smallest absolute Gasteiger partial charge is 0.269 e. The summed E-state index contributed by atoms with van der Waals surface area (Å²) in [6.45, 7) is 6.39. The molecular formula is C24H30BrN3O4. The Morgan fingerprint density at radius 2 is 1.53 bits per heavy atom. The molecule has 0 bridgehead atoms. The molecule has 8 heteroatoms. The topological polar surface area (TPSA) is 96.5 Å². The number of halogens is 1. The monoisotopic (exact) mass is 503 g/mol. The fraction of sp³-hybridized carbons (Fsp3) is 0.375. The molecule has 0 heterocycles. The van der Waals surface area contributed by atoms with Crippen molar-refractivity contribution < 1.29 is 19.1 Å². The Balaban J connectivity index is 1.85. The van der Waals surface area contributed by atoms with Crippen LogP contribution in [0.2, 0.25) is 0 Å². The second-order valence-corrected chi connectivity index (χ2v) is 8.54. The Hall–Kier alpha value is -2.87. The highest BCUT2D eigenvalue weighted by Crippen LogP contribution is 2.26. The van der Waals surface area contributed by atoms with E-state index in [1.54, 1.807) is 56.3 Å². The Labute approximate surface area is 197 Å². The van der Waals surface area contributed by atoms with Crippen molar-refractivity contribution >= 4 is 39.3 Å². The van der Waals surface area contributed by atoms with Crippen molar-refractivity contribution in [2.45, 2.75) is 46.5 Å². The minimum Gasteiger partial charge on any atom is -0.492 e. The van der Waals surface area contributed by atoms with Crippen LogP contribution in [-0.4, -0.2) is 24.3 Å². The van der Waals surface area contributed by atoms with Gasteiger partial charge in [-0.05, 0) is 64.8 Å². The van der Waals surface area contributed by atoms with E-state index in [4.69, 9.17) is 4.74 Å². The van der Waals surface area contributed by atoms with Crippen LogP contribution in [0.25, 0.3) is 0 Å². The number of hydrogen-bond donors (Lipinski definition) is 3. The van der Waals surface area contributed by atoms with Gasteiger partial charge in [0.15, 0.2) is 0 Å². The Morgan fingerprint density at radius 1 is 0.906 bits per heavy atom. The summed E-state index contributed by atoms with van der Waals surface area (Å²) < 4.78 is 6.42. The average molecular weight is 504 g/mol. The highest BCUT2D eigenvalue weighted by Gasteiger charge is 2.12. The second-order valence-electron chi connectivity index (χ2n) is 7.68. The molecule has 0 fully saturated rings. The van der Waals surface area contributed by atoms with E-state index >= 15 is 0 Å². The molecule has 0 saturated carbocycles. The molecule has 172 valence electrons. The summed E-state index contributed by atoms with van der Waals surface area (Å²) in [6.07, 6.45) is 4.48. The van der Waals surface area contributed by atoms with Crippen molar-refractivity contribution in [1.82, 2.24) is 10.9 Å². The van der Waals surface area contributed by atoms with Crippen molar-refractivity contribution in [2.24, 2.45) is 5.92 Å². The molecule has 3 N–H and O–H groups in total. The van der Waals surface area contributed by atoms with E-state index in [0.717, 1.165) is 12.8 Å². The summed E-state index contributed by atoms with van der Waals surface area (Å²) in [5, 5.41) is 2.76. The van der Waals surface area contributed by atoms with Gasteiger partial charge in [-0.3, -0.25) is 25.2 Å². The summed E-state index contributed by atoms with van der Waals surface area (Å²) in [5.41, 5.74) is 6.12. The van der Waals surface area contributed by atoms with Crippen molar-refractivity contribution in [1.29, 1.82) is 0 Å². The van der Waals surface area contributed by atoms with Crippen molar-refractivity contribution in [2.75, 3.05) is 11.9 Å². The minimum absolute atomic E-state index is 0.103. The summed E-state index contributed by atoms with van der Waals surface area (Å²) in [7, 11) is 0. The lowest BCUT2D eigenvalue weighted by molar-refractivity contribution is -0.118. The first-order valence-corrected chi connectivity index (χ1v) is 11.5. The van der Waals surface area contributed by atoms with Crippen LogP contribution < -0.4 is 20.9 Å². The molecule has 3 amide bonds. The number of carbonyl (C=O) groups is 3. The van der Waals surface area contributed by atoms with Gasteiger partial charge in [0, 0.05) is 22.7 Å². The molecule has 0 aliphatic heterocycles.